The molecule has 1 aromatic carbocycles. The van der Waals surface area contributed by atoms with Gasteiger partial charge in [-0.05, 0) is 18.2 Å². The fraction of sp³-hybridized carbons (Fsp3) is 0.278. The zero-order valence-corrected chi connectivity index (χ0v) is 15.2. The first-order chi connectivity index (χ1) is 13.5. The summed E-state index contributed by atoms with van der Waals surface area (Å²) in [7, 11) is 1.33. The molecule has 1 N–H and O–H groups in total. The zero-order valence-electron chi connectivity index (χ0n) is 15.2. The van der Waals surface area contributed by atoms with Crippen molar-refractivity contribution >= 4 is 29.0 Å². The molecule has 10 heteroatoms. The minimum atomic E-state index is -0.821. The van der Waals surface area contributed by atoms with E-state index in [1.165, 1.54) is 30.2 Å². The van der Waals surface area contributed by atoms with Gasteiger partial charge in [-0.25, -0.2) is 4.98 Å². The molecule has 1 aliphatic rings. The lowest BCUT2D eigenvalue weighted by Gasteiger charge is -2.35. The van der Waals surface area contributed by atoms with E-state index in [1.54, 1.807) is 6.20 Å². The number of rotatable bonds is 4. The van der Waals surface area contributed by atoms with Crippen LogP contribution in [-0.2, 0) is 9.59 Å². The molecule has 1 aromatic heterocycles. The van der Waals surface area contributed by atoms with Crippen LogP contribution in [0, 0.1) is 10.1 Å². The molecule has 2 amide bonds. The second kappa shape index (κ2) is 8.33. The zero-order chi connectivity index (χ0) is 20.1. The predicted octanol–water partition coefficient (Wildman–Crippen LogP) is 1.29. The maximum atomic E-state index is 12.5. The number of nitro groups is 1. The standard InChI is InChI=1S/C18H19N5O5/c1-28-15-12-13(23(26)27)5-6-14(15)20-17(24)18(25)22-10-8-21(9-11-22)16-4-2-3-7-19-16/h2-7,12H,8-11H2,1H3,(H,20,24). The van der Waals surface area contributed by atoms with Gasteiger partial charge in [-0.2, -0.15) is 0 Å². The number of carbonyl (C=O) groups excluding carboxylic acids is 2. The summed E-state index contributed by atoms with van der Waals surface area (Å²) in [5.74, 6) is -0.551. The van der Waals surface area contributed by atoms with E-state index in [-0.39, 0.29) is 17.1 Å². The third-order valence-corrected chi connectivity index (χ3v) is 4.38. The van der Waals surface area contributed by atoms with Crippen molar-refractivity contribution in [3.8, 4) is 5.75 Å². The minimum Gasteiger partial charge on any atom is -0.494 e. The van der Waals surface area contributed by atoms with E-state index in [0.29, 0.717) is 26.2 Å². The van der Waals surface area contributed by atoms with Crippen LogP contribution in [0.2, 0.25) is 0 Å². The molecule has 1 fully saturated rings. The molecule has 0 radical (unpaired) electrons. The Labute approximate surface area is 160 Å². The van der Waals surface area contributed by atoms with Gasteiger partial charge in [0.15, 0.2) is 0 Å². The number of nitrogens with one attached hydrogen (secondary N) is 1. The Morgan fingerprint density at radius 1 is 1.18 bits per heavy atom. The molecule has 0 unspecified atom stereocenters. The first-order valence-corrected chi connectivity index (χ1v) is 8.58. The summed E-state index contributed by atoms with van der Waals surface area (Å²) in [6.07, 6.45) is 1.71. The predicted molar refractivity (Wildman–Crippen MR) is 101 cm³/mol. The van der Waals surface area contributed by atoms with Crippen LogP contribution >= 0.6 is 0 Å². The molecule has 2 aromatic rings. The molecular weight excluding hydrogens is 366 g/mol. The number of aromatic nitrogens is 1. The fourth-order valence-corrected chi connectivity index (χ4v) is 2.90. The molecule has 1 saturated heterocycles. The molecular formula is C18H19N5O5. The SMILES string of the molecule is COc1cc([N+](=O)[O-])ccc1NC(=O)C(=O)N1CCN(c2ccccn2)CC1. The van der Waals surface area contributed by atoms with Gasteiger partial charge in [-0.1, -0.05) is 6.07 Å². The highest BCUT2D eigenvalue weighted by Gasteiger charge is 2.27. The third-order valence-electron chi connectivity index (χ3n) is 4.38. The van der Waals surface area contributed by atoms with Gasteiger partial charge < -0.3 is 19.9 Å². The summed E-state index contributed by atoms with van der Waals surface area (Å²) in [6, 6.07) is 9.37. The monoisotopic (exact) mass is 385 g/mol. The Kier molecular flexibility index (Phi) is 5.68. The van der Waals surface area contributed by atoms with Crippen molar-refractivity contribution in [3.63, 3.8) is 0 Å². The third kappa shape index (κ3) is 4.17. The van der Waals surface area contributed by atoms with Crippen molar-refractivity contribution in [2.24, 2.45) is 0 Å². The smallest absolute Gasteiger partial charge is 0.314 e. The van der Waals surface area contributed by atoms with Crippen molar-refractivity contribution < 1.29 is 19.2 Å². The summed E-state index contributed by atoms with van der Waals surface area (Å²) in [5, 5.41) is 13.3. The number of non-ortho nitro benzene ring substituents is 1. The van der Waals surface area contributed by atoms with E-state index < -0.39 is 16.7 Å². The van der Waals surface area contributed by atoms with E-state index in [0.717, 1.165) is 5.82 Å². The number of nitrogens with zero attached hydrogens (tertiary/aromatic N) is 4. The lowest BCUT2D eigenvalue weighted by atomic mass is 10.2. The van der Waals surface area contributed by atoms with Crippen molar-refractivity contribution in [1.82, 2.24) is 9.88 Å². The Balaban J connectivity index is 1.61. The van der Waals surface area contributed by atoms with Crippen LogP contribution in [0.3, 0.4) is 0 Å². The summed E-state index contributed by atoms with van der Waals surface area (Å²) in [5.41, 5.74) is 0.0189. The minimum absolute atomic E-state index is 0.107. The van der Waals surface area contributed by atoms with Crippen molar-refractivity contribution in [1.29, 1.82) is 0 Å². The van der Waals surface area contributed by atoms with E-state index in [2.05, 4.69) is 10.3 Å². The average Bonchev–Trinajstić information content (AvgIpc) is 2.74. The fourth-order valence-electron chi connectivity index (χ4n) is 2.90. The van der Waals surface area contributed by atoms with Gasteiger partial charge in [0, 0.05) is 38.4 Å². The Bertz CT molecular complexity index is 881. The van der Waals surface area contributed by atoms with E-state index in [1.807, 2.05) is 23.1 Å². The van der Waals surface area contributed by atoms with Crippen molar-refractivity contribution in [2.45, 2.75) is 0 Å². The summed E-state index contributed by atoms with van der Waals surface area (Å²) in [4.78, 5) is 42.8. The van der Waals surface area contributed by atoms with Crippen molar-refractivity contribution in [2.75, 3.05) is 43.5 Å². The lowest BCUT2D eigenvalue weighted by molar-refractivity contribution is -0.384. The van der Waals surface area contributed by atoms with E-state index >= 15 is 0 Å². The molecule has 0 saturated carbocycles. The number of benzene rings is 1. The first-order valence-electron chi connectivity index (χ1n) is 8.58. The Hall–Kier alpha value is -3.69. The average molecular weight is 385 g/mol. The van der Waals surface area contributed by atoms with Gasteiger partial charge in [-0.15, -0.1) is 0 Å². The molecule has 0 aliphatic carbocycles. The van der Waals surface area contributed by atoms with Gasteiger partial charge in [0.1, 0.15) is 11.6 Å². The second-order valence-electron chi connectivity index (χ2n) is 6.06. The highest BCUT2D eigenvalue weighted by molar-refractivity contribution is 6.39. The van der Waals surface area contributed by atoms with Crippen LogP contribution < -0.4 is 15.0 Å². The Morgan fingerprint density at radius 2 is 1.93 bits per heavy atom. The van der Waals surface area contributed by atoms with Crippen LogP contribution in [0.4, 0.5) is 17.2 Å². The highest BCUT2D eigenvalue weighted by Crippen LogP contribution is 2.29. The number of carbonyl (C=O) groups is 2. The molecule has 0 bridgehead atoms. The number of ether oxygens (including phenoxy) is 1. The lowest BCUT2D eigenvalue weighted by Crippen LogP contribution is -2.51. The second-order valence-corrected chi connectivity index (χ2v) is 6.06. The van der Waals surface area contributed by atoms with Crippen LogP contribution in [0.5, 0.6) is 5.75 Å². The topological polar surface area (TPSA) is 118 Å². The molecule has 3 rings (SSSR count). The van der Waals surface area contributed by atoms with Crippen LogP contribution in [0.15, 0.2) is 42.6 Å². The Morgan fingerprint density at radius 3 is 2.54 bits per heavy atom. The number of nitro benzene ring substituents is 1. The number of hydrogen-bond donors (Lipinski definition) is 1. The number of amides is 2. The quantitative estimate of drug-likeness (QED) is 0.478. The molecule has 10 nitrogen and oxygen atoms in total. The molecule has 146 valence electrons. The van der Waals surface area contributed by atoms with Gasteiger partial charge in [-0.3, -0.25) is 19.7 Å². The van der Waals surface area contributed by atoms with Gasteiger partial charge >= 0.3 is 11.8 Å². The van der Waals surface area contributed by atoms with Crippen molar-refractivity contribution in [3.05, 3.63) is 52.7 Å². The van der Waals surface area contributed by atoms with Crippen LogP contribution in [-0.4, -0.2) is 59.9 Å². The molecule has 0 spiro atoms. The van der Waals surface area contributed by atoms with E-state index in [4.69, 9.17) is 4.74 Å². The van der Waals surface area contributed by atoms with Crippen LogP contribution in [0.1, 0.15) is 0 Å². The van der Waals surface area contributed by atoms with Gasteiger partial charge in [0.25, 0.3) is 5.69 Å². The largest absolute Gasteiger partial charge is 0.494 e. The van der Waals surface area contributed by atoms with Gasteiger partial charge in [0.2, 0.25) is 0 Å². The number of hydrogen-bond acceptors (Lipinski definition) is 7. The molecule has 28 heavy (non-hydrogen) atoms. The number of anilines is 2. The normalized spacial score (nSPS) is 13.8. The molecule has 0 atom stereocenters. The number of piperazine rings is 1. The summed E-state index contributed by atoms with van der Waals surface area (Å²) in [6.45, 7) is 1.91. The van der Waals surface area contributed by atoms with Gasteiger partial charge in [0.05, 0.1) is 23.8 Å². The maximum Gasteiger partial charge on any atom is 0.314 e. The number of pyridine rings is 1. The highest BCUT2D eigenvalue weighted by atomic mass is 16.6. The van der Waals surface area contributed by atoms with E-state index in [9.17, 15) is 19.7 Å². The number of methoxy groups -OCH3 is 1. The molecule has 2 heterocycles. The van der Waals surface area contributed by atoms with Crippen LogP contribution in [0.25, 0.3) is 0 Å². The summed E-state index contributed by atoms with van der Waals surface area (Å²) >= 11 is 0. The summed E-state index contributed by atoms with van der Waals surface area (Å²) < 4.78 is 5.07. The maximum absolute atomic E-state index is 12.5. The molecule has 1 aliphatic heterocycles. The first kappa shape index (κ1) is 19.1.